The van der Waals surface area contributed by atoms with E-state index in [0.717, 1.165) is 0 Å². The Morgan fingerprint density at radius 3 is 2.84 bits per heavy atom. The van der Waals surface area contributed by atoms with Crippen LogP contribution >= 0.6 is 0 Å². The van der Waals surface area contributed by atoms with Crippen molar-refractivity contribution in [1.29, 1.82) is 0 Å². The number of carboxylic acid groups (broad SMARTS) is 1. The number of aromatic nitrogens is 2. The molecule has 0 fully saturated rings. The second-order valence-corrected chi connectivity index (χ2v) is 4.30. The maximum atomic E-state index is 13.7. The van der Waals surface area contributed by atoms with Gasteiger partial charge >= 0.3 is 5.97 Å². The predicted molar refractivity (Wildman–Crippen MR) is 63.8 cm³/mol. The van der Waals surface area contributed by atoms with E-state index in [2.05, 4.69) is 5.10 Å². The highest BCUT2D eigenvalue weighted by atomic mass is 19.1. The zero-order valence-corrected chi connectivity index (χ0v) is 10.5. The molecule has 0 saturated carbocycles. The maximum absolute atomic E-state index is 13.7. The van der Waals surface area contributed by atoms with E-state index in [1.165, 1.54) is 11.8 Å². The SMILES string of the molecule is COCn1nc(CO)c2c1CCCC2=C(F)C(=O)O. The van der Waals surface area contributed by atoms with Crippen molar-refractivity contribution in [3.05, 3.63) is 22.8 Å². The van der Waals surface area contributed by atoms with Gasteiger partial charge in [-0.3, -0.25) is 0 Å². The fourth-order valence-corrected chi connectivity index (χ4v) is 2.40. The molecule has 0 atom stereocenters. The number of rotatable bonds is 4. The second kappa shape index (κ2) is 5.50. The topological polar surface area (TPSA) is 84.6 Å². The molecule has 19 heavy (non-hydrogen) atoms. The van der Waals surface area contributed by atoms with Gasteiger partial charge in [0.05, 0.1) is 12.3 Å². The molecule has 1 aromatic rings. The van der Waals surface area contributed by atoms with Gasteiger partial charge in [0.15, 0.2) is 0 Å². The van der Waals surface area contributed by atoms with Crippen LogP contribution in [0.25, 0.3) is 5.57 Å². The third-order valence-electron chi connectivity index (χ3n) is 3.13. The van der Waals surface area contributed by atoms with Crippen LogP contribution in [-0.4, -0.2) is 33.1 Å². The number of carboxylic acids is 1. The van der Waals surface area contributed by atoms with Gasteiger partial charge in [0.1, 0.15) is 6.73 Å². The van der Waals surface area contributed by atoms with E-state index < -0.39 is 11.8 Å². The summed E-state index contributed by atoms with van der Waals surface area (Å²) in [6.07, 6.45) is 1.63. The number of aliphatic hydroxyl groups is 1. The molecule has 0 unspecified atom stereocenters. The molecule has 0 spiro atoms. The summed E-state index contributed by atoms with van der Waals surface area (Å²) in [4.78, 5) is 10.8. The Kier molecular flexibility index (Phi) is 3.96. The summed E-state index contributed by atoms with van der Waals surface area (Å²) in [5.41, 5.74) is 1.53. The minimum Gasteiger partial charge on any atom is -0.476 e. The Hall–Kier alpha value is -1.73. The first-order chi connectivity index (χ1) is 9.10. The average Bonchev–Trinajstić information content (AvgIpc) is 2.76. The van der Waals surface area contributed by atoms with Crippen LogP contribution in [0.4, 0.5) is 4.39 Å². The van der Waals surface area contributed by atoms with Gasteiger partial charge in [-0.25, -0.2) is 9.48 Å². The number of ether oxygens (including phenoxy) is 1. The lowest BCUT2D eigenvalue weighted by Crippen LogP contribution is -2.12. The van der Waals surface area contributed by atoms with Crippen LogP contribution in [0.3, 0.4) is 0 Å². The minimum atomic E-state index is -1.59. The van der Waals surface area contributed by atoms with Crippen LogP contribution in [0.2, 0.25) is 0 Å². The van der Waals surface area contributed by atoms with E-state index in [9.17, 15) is 14.3 Å². The molecule has 0 bridgehead atoms. The standard InChI is InChI=1S/C12H15FN2O4/c1-19-6-15-9-4-2-3-7(11(13)12(17)18)10(9)8(5-16)14-15/h16H,2-6H2,1H3,(H,17,18). The van der Waals surface area contributed by atoms with Gasteiger partial charge in [-0.2, -0.15) is 9.49 Å². The number of carbonyl (C=O) groups is 1. The molecule has 0 radical (unpaired) electrons. The summed E-state index contributed by atoms with van der Waals surface area (Å²) in [5, 5.41) is 22.2. The molecule has 0 amide bonds. The van der Waals surface area contributed by atoms with Gasteiger partial charge in [0.2, 0.25) is 5.83 Å². The number of hydrogen-bond acceptors (Lipinski definition) is 4. The molecular formula is C12H15FN2O4. The Labute approximate surface area is 109 Å². The van der Waals surface area contributed by atoms with Crippen LogP contribution < -0.4 is 0 Å². The van der Waals surface area contributed by atoms with Gasteiger partial charge in [-0.15, -0.1) is 0 Å². The number of nitrogens with zero attached hydrogens (tertiary/aromatic N) is 2. The van der Waals surface area contributed by atoms with Gasteiger partial charge in [0.25, 0.3) is 0 Å². The van der Waals surface area contributed by atoms with Gasteiger partial charge in [-0.1, -0.05) is 0 Å². The molecular weight excluding hydrogens is 255 g/mol. The van der Waals surface area contributed by atoms with Gasteiger partial charge < -0.3 is 14.9 Å². The van der Waals surface area contributed by atoms with Crippen molar-refractivity contribution in [2.45, 2.75) is 32.6 Å². The van der Waals surface area contributed by atoms with Gasteiger partial charge in [-0.05, 0) is 19.3 Å². The third kappa shape index (κ3) is 2.39. The number of aliphatic carboxylic acids is 1. The highest BCUT2D eigenvalue weighted by Gasteiger charge is 2.28. The first-order valence-corrected chi connectivity index (χ1v) is 5.90. The summed E-state index contributed by atoms with van der Waals surface area (Å²) in [7, 11) is 1.50. The zero-order chi connectivity index (χ0) is 14.0. The smallest absolute Gasteiger partial charge is 0.365 e. The zero-order valence-electron chi connectivity index (χ0n) is 10.5. The molecule has 104 valence electrons. The molecule has 0 aliphatic heterocycles. The molecule has 1 heterocycles. The first kappa shape index (κ1) is 13.7. The van der Waals surface area contributed by atoms with Crippen LogP contribution in [0.1, 0.15) is 29.8 Å². The Bertz CT molecular complexity index is 536. The van der Waals surface area contributed by atoms with E-state index in [0.29, 0.717) is 30.5 Å². The van der Waals surface area contributed by atoms with Crippen molar-refractivity contribution >= 4 is 11.5 Å². The van der Waals surface area contributed by atoms with Crippen molar-refractivity contribution in [2.75, 3.05) is 7.11 Å². The lowest BCUT2D eigenvalue weighted by atomic mass is 9.89. The van der Waals surface area contributed by atoms with Crippen molar-refractivity contribution < 1.29 is 24.1 Å². The van der Waals surface area contributed by atoms with Crippen LogP contribution in [0.5, 0.6) is 0 Å². The summed E-state index contributed by atoms with van der Waals surface area (Å²) >= 11 is 0. The normalized spacial score (nSPS) is 17.2. The van der Waals surface area contributed by atoms with Crippen molar-refractivity contribution in [1.82, 2.24) is 9.78 Å². The number of aliphatic hydroxyl groups excluding tert-OH is 1. The fourth-order valence-electron chi connectivity index (χ4n) is 2.40. The number of allylic oxidation sites excluding steroid dienone is 1. The largest absolute Gasteiger partial charge is 0.476 e. The summed E-state index contributed by atoms with van der Waals surface area (Å²) in [6.45, 7) is -0.181. The molecule has 6 nitrogen and oxygen atoms in total. The lowest BCUT2D eigenvalue weighted by Gasteiger charge is -2.17. The van der Waals surface area contributed by atoms with Crippen LogP contribution in [0, 0.1) is 0 Å². The van der Waals surface area contributed by atoms with E-state index in [1.54, 1.807) is 0 Å². The highest BCUT2D eigenvalue weighted by Crippen LogP contribution is 2.36. The summed E-state index contributed by atoms with van der Waals surface area (Å²) < 4.78 is 20.3. The predicted octanol–water partition coefficient (Wildman–Crippen LogP) is 1.08. The second-order valence-electron chi connectivity index (χ2n) is 4.30. The Morgan fingerprint density at radius 1 is 1.53 bits per heavy atom. The molecule has 2 rings (SSSR count). The monoisotopic (exact) mass is 270 g/mol. The van der Waals surface area contributed by atoms with E-state index in [1.807, 2.05) is 0 Å². The van der Waals surface area contributed by atoms with Gasteiger partial charge in [0, 0.05) is 23.9 Å². The molecule has 2 N–H and O–H groups in total. The minimum absolute atomic E-state index is 0.111. The maximum Gasteiger partial charge on any atom is 0.365 e. The molecule has 0 aromatic carbocycles. The molecule has 1 aliphatic rings. The molecule has 1 aliphatic carbocycles. The first-order valence-electron chi connectivity index (χ1n) is 5.90. The fraction of sp³-hybridized carbons (Fsp3) is 0.500. The highest BCUT2D eigenvalue weighted by molar-refractivity contribution is 5.95. The number of halogens is 1. The van der Waals surface area contributed by atoms with Crippen molar-refractivity contribution in [3.8, 4) is 0 Å². The van der Waals surface area contributed by atoms with Crippen LogP contribution in [0.15, 0.2) is 5.83 Å². The summed E-state index contributed by atoms with van der Waals surface area (Å²) in [5.74, 6) is -2.76. The van der Waals surface area contributed by atoms with E-state index in [4.69, 9.17) is 9.84 Å². The Morgan fingerprint density at radius 2 is 2.26 bits per heavy atom. The quantitative estimate of drug-likeness (QED) is 0.800. The molecule has 0 saturated heterocycles. The number of fused-ring (bicyclic) bond motifs is 1. The lowest BCUT2D eigenvalue weighted by molar-refractivity contribution is -0.134. The van der Waals surface area contributed by atoms with Crippen molar-refractivity contribution in [2.24, 2.45) is 0 Å². The van der Waals surface area contributed by atoms with E-state index >= 15 is 0 Å². The molecule has 7 heteroatoms. The molecule has 1 aromatic heterocycles. The number of hydrogen-bond donors (Lipinski definition) is 2. The van der Waals surface area contributed by atoms with E-state index in [-0.39, 0.29) is 24.6 Å². The third-order valence-corrected chi connectivity index (χ3v) is 3.13. The van der Waals surface area contributed by atoms with Crippen LogP contribution in [-0.2, 0) is 29.3 Å². The number of methoxy groups -OCH3 is 1. The summed E-state index contributed by atoms with van der Waals surface area (Å²) in [6, 6.07) is 0. The average molecular weight is 270 g/mol. The van der Waals surface area contributed by atoms with Crippen molar-refractivity contribution in [3.63, 3.8) is 0 Å². The Balaban J connectivity index is 2.60.